The van der Waals surface area contributed by atoms with E-state index in [1.165, 1.54) is 0 Å². The molecule has 0 spiro atoms. The molecule has 1 N–H and O–H groups in total. The zero-order valence-corrected chi connectivity index (χ0v) is 21.9. The number of ether oxygens (including phenoxy) is 4. The number of aromatic nitrogens is 4. The van der Waals surface area contributed by atoms with Crippen LogP contribution in [0.25, 0.3) is 11.0 Å². The van der Waals surface area contributed by atoms with E-state index in [1.54, 1.807) is 27.2 Å². The van der Waals surface area contributed by atoms with Crippen LogP contribution in [0.4, 0.5) is 15.5 Å². The number of rotatable bonds is 8. The smallest absolute Gasteiger partial charge is 0.496 e. The standard InChI is InChI=1S/C26H31N5O6/c1-7-35-25(32)30-24-28-18(5)21-19(11-9-10-12-37-26(33)36-8-2)14-31(23(21)29-24)15-20-17(4)22(34-6)16(3)13-27-20/h13-14H,7-8,10,12,15H2,1-6H3,(H,28,29,30,32). The minimum atomic E-state index is -0.719. The van der Waals surface area contributed by atoms with Crippen molar-refractivity contribution in [1.29, 1.82) is 0 Å². The largest absolute Gasteiger partial charge is 0.508 e. The minimum Gasteiger partial charge on any atom is -0.496 e. The van der Waals surface area contributed by atoms with Gasteiger partial charge < -0.3 is 23.5 Å². The molecule has 3 aromatic heterocycles. The second-order valence-electron chi connectivity index (χ2n) is 7.98. The predicted octanol–water partition coefficient (Wildman–Crippen LogP) is 4.29. The molecule has 0 bridgehead atoms. The number of pyridine rings is 1. The summed E-state index contributed by atoms with van der Waals surface area (Å²) in [5.74, 6) is 7.04. The Morgan fingerprint density at radius 3 is 2.54 bits per heavy atom. The van der Waals surface area contributed by atoms with Crippen LogP contribution in [-0.2, 0) is 20.8 Å². The Morgan fingerprint density at radius 1 is 1.08 bits per heavy atom. The van der Waals surface area contributed by atoms with Crippen molar-refractivity contribution >= 4 is 29.2 Å². The number of nitrogens with one attached hydrogen (secondary N) is 1. The topological polar surface area (TPSA) is 127 Å². The summed E-state index contributed by atoms with van der Waals surface area (Å²) in [4.78, 5) is 36.9. The lowest BCUT2D eigenvalue weighted by molar-refractivity contribution is 0.0607. The molecule has 37 heavy (non-hydrogen) atoms. The zero-order chi connectivity index (χ0) is 26.9. The van der Waals surface area contributed by atoms with Crippen molar-refractivity contribution in [2.45, 2.75) is 47.6 Å². The summed E-state index contributed by atoms with van der Waals surface area (Å²) in [7, 11) is 1.63. The fraction of sp³-hybridized carbons (Fsp3) is 0.423. The molecule has 0 unspecified atom stereocenters. The molecule has 0 radical (unpaired) electrons. The van der Waals surface area contributed by atoms with Crippen molar-refractivity contribution in [3.05, 3.63) is 40.5 Å². The molecule has 0 aliphatic heterocycles. The maximum atomic E-state index is 12.0. The van der Waals surface area contributed by atoms with E-state index in [0.29, 0.717) is 29.9 Å². The van der Waals surface area contributed by atoms with Crippen molar-refractivity contribution < 1.29 is 28.5 Å². The number of amides is 1. The number of methoxy groups -OCH3 is 1. The lowest BCUT2D eigenvalue weighted by atomic mass is 10.1. The van der Waals surface area contributed by atoms with Crippen molar-refractivity contribution in [3.63, 3.8) is 0 Å². The van der Waals surface area contributed by atoms with Crippen LogP contribution >= 0.6 is 0 Å². The molecule has 3 aromatic rings. The normalized spacial score (nSPS) is 10.4. The van der Waals surface area contributed by atoms with E-state index in [4.69, 9.17) is 18.9 Å². The Morgan fingerprint density at radius 2 is 1.84 bits per heavy atom. The number of hydrogen-bond acceptors (Lipinski definition) is 9. The second kappa shape index (κ2) is 12.6. The zero-order valence-electron chi connectivity index (χ0n) is 21.9. The molecule has 3 rings (SSSR count). The molecule has 11 heteroatoms. The Balaban J connectivity index is 2.00. The Labute approximate surface area is 215 Å². The van der Waals surface area contributed by atoms with Crippen LogP contribution in [0, 0.1) is 32.6 Å². The van der Waals surface area contributed by atoms with E-state index >= 15 is 0 Å². The first-order valence-corrected chi connectivity index (χ1v) is 11.9. The average Bonchev–Trinajstić information content (AvgIpc) is 3.19. The third kappa shape index (κ3) is 6.67. The summed E-state index contributed by atoms with van der Waals surface area (Å²) in [6, 6.07) is 0. The third-order valence-corrected chi connectivity index (χ3v) is 5.39. The van der Waals surface area contributed by atoms with Gasteiger partial charge in [0.25, 0.3) is 0 Å². The number of fused-ring (bicyclic) bond motifs is 1. The maximum Gasteiger partial charge on any atom is 0.508 e. The van der Waals surface area contributed by atoms with Gasteiger partial charge in [0.15, 0.2) is 0 Å². The number of aryl methyl sites for hydroxylation is 2. The molecule has 0 saturated heterocycles. The summed E-state index contributed by atoms with van der Waals surface area (Å²) >= 11 is 0. The van der Waals surface area contributed by atoms with E-state index in [9.17, 15) is 9.59 Å². The van der Waals surface area contributed by atoms with Crippen LogP contribution in [0.5, 0.6) is 5.75 Å². The molecule has 0 atom stereocenters. The Hall–Kier alpha value is -4.33. The molecular formula is C26H31N5O6. The first-order chi connectivity index (χ1) is 17.8. The van der Waals surface area contributed by atoms with Crippen molar-refractivity contribution in [2.75, 3.05) is 32.2 Å². The summed E-state index contributed by atoms with van der Waals surface area (Å²) in [5.41, 5.74) is 4.57. The van der Waals surface area contributed by atoms with Crippen LogP contribution in [0.1, 0.15) is 48.3 Å². The number of carbonyl (C=O) groups excluding carboxylic acids is 2. The summed E-state index contributed by atoms with van der Waals surface area (Å²) in [6.07, 6.45) is 2.60. The van der Waals surface area contributed by atoms with E-state index in [0.717, 1.165) is 28.0 Å². The van der Waals surface area contributed by atoms with Crippen LogP contribution in [0.15, 0.2) is 12.4 Å². The maximum absolute atomic E-state index is 12.0. The number of carbonyl (C=O) groups is 2. The first kappa shape index (κ1) is 27.3. The fourth-order valence-corrected chi connectivity index (χ4v) is 3.79. The first-order valence-electron chi connectivity index (χ1n) is 11.9. The van der Waals surface area contributed by atoms with E-state index < -0.39 is 12.2 Å². The van der Waals surface area contributed by atoms with Gasteiger partial charge in [-0.1, -0.05) is 11.8 Å². The van der Waals surface area contributed by atoms with Gasteiger partial charge >= 0.3 is 12.2 Å². The molecule has 0 aromatic carbocycles. The van der Waals surface area contributed by atoms with Crippen LogP contribution in [0.2, 0.25) is 0 Å². The van der Waals surface area contributed by atoms with Gasteiger partial charge in [0.05, 0.1) is 49.2 Å². The molecule has 196 valence electrons. The van der Waals surface area contributed by atoms with E-state index in [1.807, 2.05) is 31.5 Å². The SMILES string of the molecule is CCOC(=O)Nc1nc(C)c2c(C#CCCOC(=O)OCC)cn(Cc3ncc(C)c(OC)c3C)c2n1. The molecule has 0 aliphatic rings. The third-order valence-electron chi connectivity index (χ3n) is 5.39. The monoisotopic (exact) mass is 509 g/mol. The molecule has 0 saturated carbocycles. The fourth-order valence-electron chi connectivity index (χ4n) is 3.79. The van der Waals surface area contributed by atoms with Gasteiger partial charge in [-0.15, -0.1) is 0 Å². The van der Waals surface area contributed by atoms with Crippen LogP contribution in [0.3, 0.4) is 0 Å². The highest BCUT2D eigenvalue weighted by Crippen LogP contribution is 2.28. The van der Waals surface area contributed by atoms with Crippen molar-refractivity contribution in [3.8, 4) is 17.6 Å². The lowest BCUT2D eigenvalue weighted by Crippen LogP contribution is -2.16. The van der Waals surface area contributed by atoms with Gasteiger partial charge in [0, 0.05) is 29.9 Å². The van der Waals surface area contributed by atoms with Crippen LogP contribution < -0.4 is 10.1 Å². The highest BCUT2D eigenvalue weighted by atomic mass is 16.7. The van der Waals surface area contributed by atoms with Gasteiger partial charge in [-0.2, -0.15) is 4.98 Å². The molecule has 1 amide bonds. The molecule has 0 fully saturated rings. The van der Waals surface area contributed by atoms with Gasteiger partial charge in [-0.05, 0) is 34.6 Å². The Bertz CT molecular complexity index is 1360. The quantitative estimate of drug-likeness (QED) is 0.269. The van der Waals surface area contributed by atoms with Gasteiger partial charge in [0.2, 0.25) is 5.95 Å². The van der Waals surface area contributed by atoms with Gasteiger partial charge in [-0.3, -0.25) is 10.3 Å². The predicted molar refractivity (Wildman–Crippen MR) is 137 cm³/mol. The minimum absolute atomic E-state index is 0.111. The summed E-state index contributed by atoms with van der Waals surface area (Å²) in [5, 5.41) is 3.31. The van der Waals surface area contributed by atoms with Gasteiger partial charge in [-0.25, -0.2) is 14.6 Å². The highest BCUT2D eigenvalue weighted by molar-refractivity contribution is 5.89. The van der Waals surface area contributed by atoms with E-state index in [-0.39, 0.29) is 25.8 Å². The molecule has 3 heterocycles. The summed E-state index contributed by atoms with van der Waals surface area (Å²) in [6.45, 7) is 10.1. The molecular weight excluding hydrogens is 478 g/mol. The van der Waals surface area contributed by atoms with Crippen molar-refractivity contribution in [1.82, 2.24) is 19.5 Å². The number of nitrogens with zero attached hydrogens (tertiary/aromatic N) is 4. The lowest BCUT2D eigenvalue weighted by Gasteiger charge is -2.13. The summed E-state index contributed by atoms with van der Waals surface area (Å²) < 4.78 is 22.1. The van der Waals surface area contributed by atoms with Crippen molar-refractivity contribution in [2.24, 2.45) is 0 Å². The number of hydrogen-bond donors (Lipinski definition) is 1. The second-order valence-corrected chi connectivity index (χ2v) is 7.98. The Kier molecular flexibility index (Phi) is 9.27. The number of anilines is 1. The van der Waals surface area contributed by atoms with Crippen LogP contribution in [-0.4, -0.2) is 58.7 Å². The van der Waals surface area contributed by atoms with E-state index in [2.05, 4.69) is 32.1 Å². The molecule has 11 nitrogen and oxygen atoms in total. The molecule has 0 aliphatic carbocycles. The average molecular weight is 510 g/mol. The van der Waals surface area contributed by atoms with Gasteiger partial charge in [0.1, 0.15) is 18.0 Å². The highest BCUT2D eigenvalue weighted by Gasteiger charge is 2.18.